The van der Waals surface area contributed by atoms with Crippen LogP contribution in [-0.2, 0) is 12.0 Å². The van der Waals surface area contributed by atoms with Crippen molar-refractivity contribution in [3.05, 3.63) is 45.9 Å². The number of nitrogens with zero attached hydrogens (tertiary/aromatic N) is 1. The summed E-state index contributed by atoms with van der Waals surface area (Å²) in [4.78, 5) is 4.71. The fourth-order valence-electron chi connectivity index (χ4n) is 2.00. The third-order valence-corrected chi connectivity index (χ3v) is 4.72. The molecule has 1 N–H and O–H groups in total. The summed E-state index contributed by atoms with van der Waals surface area (Å²) in [6.45, 7) is 9.55. The summed E-state index contributed by atoms with van der Waals surface area (Å²) in [5.41, 5.74) is 2.50. The number of thiazole rings is 1. The van der Waals surface area contributed by atoms with Crippen molar-refractivity contribution in [1.82, 2.24) is 10.3 Å². The van der Waals surface area contributed by atoms with Crippen LogP contribution in [0.1, 0.15) is 50.0 Å². The third kappa shape index (κ3) is 4.29. The normalized spacial score (nSPS) is 13.2. The van der Waals surface area contributed by atoms with E-state index in [1.54, 1.807) is 18.4 Å². The molecule has 0 radical (unpaired) electrons. The van der Waals surface area contributed by atoms with Gasteiger partial charge in [-0.3, -0.25) is 0 Å². The van der Waals surface area contributed by atoms with Gasteiger partial charge in [-0.2, -0.15) is 0 Å². The topological polar surface area (TPSA) is 34.1 Å². The van der Waals surface area contributed by atoms with Crippen molar-refractivity contribution in [2.45, 2.75) is 45.7 Å². The molecule has 0 spiro atoms. The molecule has 2 rings (SSSR count). The number of rotatable bonds is 5. The Hall–Kier alpha value is -1.39. The summed E-state index contributed by atoms with van der Waals surface area (Å²) < 4.78 is 5.18. The van der Waals surface area contributed by atoms with E-state index in [2.05, 4.69) is 50.5 Å². The van der Waals surface area contributed by atoms with E-state index in [-0.39, 0.29) is 11.5 Å². The molecule has 0 unspecified atom stereocenters. The molecule has 0 bridgehead atoms. The predicted octanol–water partition coefficient (Wildman–Crippen LogP) is 4.30. The quantitative estimate of drug-likeness (QED) is 0.894. The number of benzene rings is 1. The first-order chi connectivity index (χ1) is 9.90. The van der Waals surface area contributed by atoms with Crippen LogP contribution >= 0.6 is 11.3 Å². The van der Waals surface area contributed by atoms with Crippen molar-refractivity contribution in [3.63, 3.8) is 0 Å². The molecule has 1 aromatic heterocycles. The predicted molar refractivity (Wildman–Crippen MR) is 89.1 cm³/mol. The Labute approximate surface area is 131 Å². The maximum atomic E-state index is 5.18. The summed E-state index contributed by atoms with van der Waals surface area (Å²) in [5, 5.41) is 6.86. The molecule has 0 aliphatic carbocycles. The Balaban J connectivity index is 1.94. The van der Waals surface area contributed by atoms with E-state index in [0.29, 0.717) is 0 Å². The number of hydrogen-bond donors (Lipinski definition) is 1. The minimum atomic E-state index is 0.129. The lowest BCUT2D eigenvalue weighted by Crippen LogP contribution is -2.18. The lowest BCUT2D eigenvalue weighted by atomic mass is 9.98. The summed E-state index contributed by atoms with van der Waals surface area (Å²) in [6, 6.07) is 8.47. The number of methoxy groups -OCH3 is 1. The molecule has 0 aliphatic rings. The van der Waals surface area contributed by atoms with Crippen molar-refractivity contribution in [2.75, 3.05) is 7.11 Å². The molecule has 0 fully saturated rings. The zero-order chi connectivity index (χ0) is 15.5. The molecule has 0 saturated carbocycles. The molecule has 0 aliphatic heterocycles. The van der Waals surface area contributed by atoms with E-state index in [9.17, 15) is 0 Å². The zero-order valence-corrected chi connectivity index (χ0v) is 14.3. The Bertz CT molecular complexity index is 569. The van der Waals surface area contributed by atoms with E-state index < -0.39 is 0 Å². The second-order valence-electron chi connectivity index (χ2n) is 6.27. The molecule has 21 heavy (non-hydrogen) atoms. The molecule has 1 atom stereocenters. The van der Waals surface area contributed by atoms with Crippen molar-refractivity contribution >= 4 is 11.3 Å². The van der Waals surface area contributed by atoms with Crippen LogP contribution in [0.15, 0.2) is 29.6 Å². The van der Waals surface area contributed by atoms with Crippen LogP contribution in [-0.4, -0.2) is 12.1 Å². The highest BCUT2D eigenvalue weighted by molar-refractivity contribution is 7.09. The van der Waals surface area contributed by atoms with Gasteiger partial charge in [0.1, 0.15) is 5.75 Å². The van der Waals surface area contributed by atoms with Gasteiger partial charge in [0.2, 0.25) is 0 Å². The molecule has 0 amide bonds. The Kier molecular flexibility index (Phi) is 5.01. The van der Waals surface area contributed by atoms with E-state index in [1.807, 2.05) is 12.1 Å². The minimum Gasteiger partial charge on any atom is -0.497 e. The van der Waals surface area contributed by atoms with Crippen LogP contribution < -0.4 is 10.1 Å². The largest absolute Gasteiger partial charge is 0.497 e. The highest BCUT2D eigenvalue weighted by Gasteiger charge is 2.18. The zero-order valence-electron chi connectivity index (χ0n) is 13.4. The molecular formula is C17H24N2OS. The Morgan fingerprint density at radius 1 is 1.24 bits per heavy atom. The van der Waals surface area contributed by atoms with Crippen LogP contribution in [0.4, 0.5) is 0 Å². The lowest BCUT2D eigenvalue weighted by molar-refractivity contribution is 0.414. The molecule has 1 heterocycles. The van der Waals surface area contributed by atoms with Crippen molar-refractivity contribution < 1.29 is 4.74 Å². The van der Waals surface area contributed by atoms with Gasteiger partial charge in [-0.1, -0.05) is 32.9 Å². The van der Waals surface area contributed by atoms with Crippen LogP contribution in [0.3, 0.4) is 0 Å². The summed E-state index contributed by atoms with van der Waals surface area (Å²) >= 11 is 1.74. The lowest BCUT2D eigenvalue weighted by Gasteiger charge is -2.15. The van der Waals surface area contributed by atoms with Gasteiger partial charge in [0.15, 0.2) is 0 Å². The van der Waals surface area contributed by atoms with Gasteiger partial charge in [-0.05, 0) is 24.6 Å². The second kappa shape index (κ2) is 6.58. The van der Waals surface area contributed by atoms with Crippen molar-refractivity contribution in [3.8, 4) is 5.75 Å². The summed E-state index contributed by atoms with van der Waals surface area (Å²) in [5.74, 6) is 0.889. The van der Waals surface area contributed by atoms with Crippen molar-refractivity contribution in [1.29, 1.82) is 0 Å². The van der Waals surface area contributed by atoms with Crippen LogP contribution in [0.2, 0.25) is 0 Å². The van der Waals surface area contributed by atoms with E-state index >= 15 is 0 Å². The Morgan fingerprint density at radius 3 is 2.43 bits per heavy atom. The fraction of sp³-hybridized carbons (Fsp3) is 0.471. The number of ether oxygens (including phenoxy) is 1. The Morgan fingerprint density at radius 2 is 1.90 bits per heavy atom. The highest BCUT2D eigenvalue weighted by Crippen LogP contribution is 2.25. The number of hydrogen-bond acceptors (Lipinski definition) is 4. The molecule has 114 valence electrons. The molecule has 4 heteroatoms. The molecule has 1 aromatic carbocycles. The first-order valence-corrected chi connectivity index (χ1v) is 8.10. The number of nitrogens with one attached hydrogen (secondary N) is 1. The number of aromatic nitrogens is 1. The molecular weight excluding hydrogens is 280 g/mol. The smallest absolute Gasteiger partial charge is 0.118 e. The van der Waals surface area contributed by atoms with Gasteiger partial charge in [0.25, 0.3) is 0 Å². The van der Waals surface area contributed by atoms with E-state index in [1.165, 1.54) is 10.6 Å². The van der Waals surface area contributed by atoms with Crippen molar-refractivity contribution in [2.24, 2.45) is 0 Å². The second-order valence-corrected chi connectivity index (χ2v) is 7.13. The summed E-state index contributed by atoms with van der Waals surface area (Å²) in [7, 11) is 1.69. The van der Waals surface area contributed by atoms with Gasteiger partial charge in [0, 0.05) is 23.4 Å². The summed E-state index contributed by atoms with van der Waals surface area (Å²) in [6.07, 6.45) is 0. The average molecular weight is 304 g/mol. The maximum absolute atomic E-state index is 5.18. The third-order valence-electron chi connectivity index (χ3n) is 3.40. The van der Waals surface area contributed by atoms with Gasteiger partial charge in [-0.15, -0.1) is 11.3 Å². The minimum absolute atomic E-state index is 0.129. The van der Waals surface area contributed by atoms with Crippen LogP contribution in [0.25, 0.3) is 0 Å². The SMILES string of the molecule is COc1ccc([C@H](C)NCc2csc(C(C)(C)C)n2)cc1. The first kappa shape index (κ1) is 16.0. The standard InChI is InChI=1S/C17H24N2OS/c1-12(13-6-8-15(20-5)9-7-13)18-10-14-11-21-16(19-14)17(2,3)4/h6-9,11-12,18H,10H2,1-5H3/t12-/m0/s1. The molecule has 0 saturated heterocycles. The first-order valence-electron chi connectivity index (χ1n) is 7.22. The van der Waals surface area contributed by atoms with Gasteiger partial charge < -0.3 is 10.1 Å². The van der Waals surface area contributed by atoms with Gasteiger partial charge in [0.05, 0.1) is 17.8 Å². The van der Waals surface area contributed by atoms with Crippen LogP contribution in [0, 0.1) is 0 Å². The van der Waals surface area contributed by atoms with Crippen LogP contribution in [0.5, 0.6) is 5.75 Å². The van der Waals surface area contributed by atoms with E-state index in [0.717, 1.165) is 18.0 Å². The maximum Gasteiger partial charge on any atom is 0.118 e. The fourth-order valence-corrected chi connectivity index (χ4v) is 2.91. The van der Waals surface area contributed by atoms with Gasteiger partial charge >= 0.3 is 0 Å². The monoisotopic (exact) mass is 304 g/mol. The molecule has 2 aromatic rings. The van der Waals surface area contributed by atoms with E-state index in [4.69, 9.17) is 9.72 Å². The molecule has 3 nitrogen and oxygen atoms in total. The highest BCUT2D eigenvalue weighted by atomic mass is 32.1. The van der Waals surface area contributed by atoms with Gasteiger partial charge in [-0.25, -0.2) is 4.98 Å². The average Bonchev–Trinajstić information content (AvgIpc) is 2.94.